The summed E-state index contributed by atoms with van der Waals surface area (Å²) in [7, 11) is 0. The first-order chi connectivity index (χ1) is 8.95. The summed E-state index contributed by atoms with van der Waals surface area (Å²) in [4.78, 5) is 14.7. The molecule has 1 heterocycles. The van der Waals surface area contributed by atoms with E-state index in [1.54, 1.807) is 13.0 Å². The third-order valence-electron chi connectivity index (χ3n) is 2.38. The zero-order valence-electron chi connectivity index (χ0n) is 9.85. The molecule has 0 aliphatic heterocycles. The van der Waals surface area contributed by atoms with Crippen LogP contribution in [0.25, 0.3) is 0 Å². The molecule has 6 heteroatoms. The number of hydrogen-bond donors (Lipinski definition) is 1. The second kappa shape index (κ2) is 5.24. The highest BCUT2D eigenvalue weighted by atomic mass is 35.5. The topological polar surface area (TPSA) is 59.4 Å². The third kappa shape index (κ3) is 3.20. The molecule has 1 N–H and O–H groups in total. The van der Waals surface area contributed by atoms with E-state index in [0.717, 1.165) is 0 Å². The Bertz CT molecular complexity index is 646. The molecule has 2 aromatic rings. The van der Waals surface area contributed by atoms with Crippen molar-refractivity contribution in [3.8, 4) is 11.6 Å². The molecule has 0 amide bonds. The number of carbonyl (C=O) groups is 1. The first-order valence-electron chi connectivity index (χ1n) is 5.30. The van der Waals surface area contributed by atoms with Crippen LogP contribution in [-0.4, -0.2) is 16.1 Å². The normalized spacial score (nSPS) is 10.3. The Balaban J connectivity index is 2.38. The van der Waals surface area contributed by atoms with Crippen LogP contribution >= 0.6 is 11.6 Å². The molecular formula is C13H9ClFNO3. The molecule has 0 aliphatic rings. The Morgan fingerprint density at radius 2 is 2.11 bits per heavy atom. The van der Waals surface area contributed by atoms with Gasteiger partial charge in [-0.05, 0) is 24.6 Å². The molecule has 0 bridgehead atoms. The van der Waals surface area contributed by atoms with Gasteiger partial charge in [-0.1, -0.05) is 17.7 Å². The number of ether oxygens (including phenoxy) is 1. The van der Waals surface area contributed by atoms with Crippen molar-refractivity contribution >= 4 is 17.6 Å². The van der Waals surface area contributed by atoms with Crippen LogP contribution in [-0.2, 0) is 0 Å². The molecule has 0 aliphatic carbocycles. The molecule has 2 rings (SSSR count). The number of aryl methyl sites for hydroxylation is 1. The summed E-state index contributed by atoms with van der Waals surface area (Å²) in [5.41, 5.74) is 0.643. The number of halogens is 2. The Morgan fingerprint density at radius 3 is 2.79 bits per heavy atom. The lowest BCUT2D eigenvalue weighted by Crippen LogP contribution is -1.99. The van der Waals surface area contributed by atoms with Gasteiger partial charge in [0.1, 0.15) is 16.7 Å². The summed E-state index contributed by atoms with van der Waals surface area (Å²) >= 11 is 5.70. The number of carboxylic acid groups (broad SMARTS) is 1. The van der Waals surface area contributed by atoms with Crippen LogP contribution in [0.2, 0.25) is 5.15 Å². The summed E-state index contributed by atoms with van der Waals surface area (Å²) in [5.74, 6) is -1.35. The van der Waals surface area contributed by atoms with Gasteiger partial charge in [-0.15, -0.1) is 0 Å². The number of pyridine rings is 1. The number of aromatic nitrogens is 1. The number of benzene rings is 1. The first kappa shape index (κ1) is 13.3. The van der Waals surface area contributed by atoms with Gasteiger partial charge in [-0.3, -0.25) is 0 Å². The van der Waals surface area contributed by atoms with Gasteiger partial charge >= 0.3 is 5.97 Å². The van der Waals surface area contributed by atoms with Gasteiger partial charge in [-0.2, -0.15) is 0 Å². The maximum atomic E-state index is 13.1. The van der Waals surface area contributed by atoms with Crippen molar-refractivity contribution in [1.82, 2.24) is 4.98 Å². The molecule has 0 saturated carbocycles. The van der Waals surface area contributed by atoms with Gasteiger partial charge in [0.25, 0.3) is 0 Å². The van der Waals surface area contributed by atoms with Crippen molar-refractivity contribution in [2.45, 2.75) is 6.92 Å². The molecule has 0 saturated heterocycles. The molecule has 0 radical (unpaired) electrons. The molecule has 4 nitrogen and oxygen atoms in total. The van der Waals surface area contributed by atoms with Crippen molar-refractivity contribution in [3.05, 3.63) is 52.4 Å². The van der Waals surface area contributed by atoms with Gasteiger partial charge in [0.15, 0.2) is 0 Å². The van der Waals surface area contributed by atoms with Crippen molar-refractivity contribution in [2.24, 2.45) is 0 Å². The highest BCUT2D eigenvalue weighted by Crippen LogP contribution is 2.26. The molecule has 98 valence electrons. The Labute approximate surface area is 113 Å². The number of rotatable bonds is 3. The maximum Gasteiger partial charge on any atom is 0.335 e. The second-order valence-electron chi connectivity index (χ2n) is 3.83. The SMILES string of the molecule is Cc1ccc(F)cc1Oc1cc(C(=O)O)cc(Cl)n1. The third-order valence-corrected chi connectivity index (χ3v) is 2.58. The summed E-state index contributed by atoms with van der Waals surface area (Å²) in [5, 5.41) is 8.89. The van der Waals surface area contributed by atoms with Gasteiger partial charge in [0, 0.05) is 12.1 Å². The second-order valence-corrected chi connectivity index (χ2v) is 4.22. The summed E-state index contributed by atoms with van der Waals surface area (Å²) in [6, 6.07) is 6.47. The quantitative estimate of drug-likeness (QED) is 0.872. The molecule has 0 spiro atoms. The van der Waals surface area contributed by atoms with Crippen LogP contribution in [0.3, 0.4) is 0 Å². The molecule has 19 heavy (non-hydrogen) atoms. The zero-order valence-corrected chi connectivity index (χ0v) is 10.6. The minimum atomic E-state index is -1.15. The van der Waals surface area contributed by atoms with E-state index in [2.05, 4.69) is 4.98 Å². The van der Waals surface area contributed by atoms with Gasteiger partial charge in [0.2, 0.25) is 5.88 Å². The van der Waals surface area contributed by atoms with E-state index in [1.165, 1.54) is 24.3 Å². The smallest absolute Gasteiger partial charge is 0.335 e. The fourth-order valence-electron chi connectivity index (χ4n) is 1.45. The summed E-state index contributed by atoms with van der Waals surface area (Å²) in [6.07, 6.45) is 0. The number of hydrogen-bond acceptors (Lipinski definition) is 3. The first-order valence-corrected chi connectivity index (χ1v) is 5.68. The predicted molar refractivity (Wildman–Crippen MR) is 67.4 cm³/mol. The van der Waals surface area contributed by atoms with E-state index in [4.69, 9.17) is 21.4 Å². The Hall–Kier alpha value is -2.14. The monoisotopic (exact) mass is 281 g/mol. The van der Waals surface area contributed by atoms with E-state index in [9.17, 15) is 9.18 Å². The maximum absolute atomic E-state index is 13.1. The van der Waals surface area contributed by atoms with Crippen LogP contribution in [0.5, 0.6) is 11.6 Å². The average molecular weight is 282 g/mol. The van der Waals surface area contributed by atoms with Crippen LogP contribution in [0.15, 0.2) is 30.3 Å². The minimum absolute atomic E-state index is 0.00130. The molecule has 0 atom stereocenters. The van der Waals surface area contributed by atoms with E-state index >= 15 is 0 Å². The lowest BCUT2D eigenvalue weighted by atomic mass is 10.2. The van der Waals surface area contributed by atoms with Gasteiger partial charge in [0.05, 0.1) is 5.56 Å². The number of carboxylic acids is 1. The standard InChI is InChI=1S/C13H9ClFNO3/c1-7-2-3-9(15)6-10(7)19-12-5-8(13(17)18)4-11(14)16-12/h2-6H,1H3,(H,17,18). The molecule has 1 aromatic heterocycles. The highest BCUT2D eigenvalue weighted by Gasteiger charge is 2.10. The fourth-order valence-corrected chi connectivity index (χ4v) is 1.65. The summed E-state index contributed by atoms with van der Waals surface area (Å²) in [6.45, 7) is 1.73. The van der Waals surface area contributed by atoms with Crippen molar-refractivity contribution in [2.75, 3.05) is 0 Å². The van der Waals surface area contributed by atoms with Crippen molar-refractivity contribution in [3.63, 3.8) is 0 Å². The number of aromatic carboxylic acids is 1. The zero-order chi connectivity index (χ0) is 14.0. The van der Waals surface area contributed by atoms with Crippen LogP contribution in [0.1, 0.15) is 15.9 Å². The highest BCUT2D eigenvalue weighted by molar-refractivity contribution is 6.29. The molecular weight excluding hydrogens is 273 g/mol. The average Bonchev–Trinajstić information content (AvgIpc) is 2.33. The van der Waals surface area contributed by atoms with Gasteiger partial charge in [-0.25, -0.2) is 14.2 Å². The lowest BCUT2D eigenvalue weighted by Gasteiger charge is -2.08. The van der Waals surface area contributed by atoms with Crippen LogP contribution in [0.4, 0.5) is 4.39 Å². The van der Waals surface area contributed by atoms with E-state index in [0.29, 0.717) is 5.56 Å². The van der Waals surface area contributed by atoms with E-state index < -0.39 is 11.8 Å². The van der Waals surface area contributed by atoms with E-state index in [-0.39, 0.29) is 22.3 Å². The van der Waals surface area contributed by atoms with Crippen molar-refractivity contribution < 1.29 is 19.0 Å². The molecule has 1 aromatic carbocycles. The summed E-state index contributed by atoms with van der Waals surface area (Å²) < 4.78 is 18.5. The van der Waals surface area contributed by atoms with E-state index in [1.807, 2.05) is 0 Å². The molecule has 0 fully saturated rings. The fraction of sp³-hybridized carbons (Fsp3) is 0.0769. The Morgan fingerprint density at radius 1 is 1.37 bits per heavy atom. The van der Waals surface area contributed by atoms with Crippen LogP contribution in [0, 0.1) is 12.7 Å². The molecule has 0 unspecified atom stereocenters. The van der Waals surface area contributed by atoms with Crippen molar-refractivity contribution in [1.29, 1.82) is 0 Å². The number of nitrogens with zero attached hydrogens (tertiary/aromatic N) is 1. The predicted octanol–water partition coefficient (Wildman–Crippen LogP) is 3.67. The lowest BCUT2D eigenvalue weighted by molar-refractivity contribution is 0.0696. The van der Waals surface area contributed by atoms with Gasteiger partial charge < -0.3 is 9.84 Å². The minimum Gasteiger partial charge on any atom is -0.478 e. The largest absolute Gasteiger partial charge is 0.478 e. The van der Waals surface area contributed by atoms with Crippen LogP contribution < -0.4 is 4.74 Å². The Kier molecular flexibility index (Phi) is 3.66.